The molecule has 0 spiro atoms. The monoisotopic (exact) mass is 583 g/mol. The summed E-state index contributed by atoms with van der Waals surface area (Å²) in [5.74, 6) is -0.753. The molecular weight excluding hydrogens is 554 g/mol. The molecule has 1 aliphatic carbocycles. The fourth-order valence-corrected chi connectivity index (χ4v) is 5.49. The van der Waals surface area contributed by atoms with Crippen molar-refractivity contribution in [3.63, 3.8) is 0 Å². The molecule has 0 saturated heterocycles. The molecule has 10 heteroatoms. The predicted octanol–water partition coefficient (Wildman–Crippen LogP) is 4.73. The highest BCUT2D eigenvalue weighted by atomic mass is 79.9. The van der Waals surface area contributed by atoms with Crippen LogP contribution in [0.1, 0.15) is 44.6 Å². The molecule has 2 amide bonds. The largest absolute Gasteiger partial charge is 0.352 e. The van der Waals surface area contributed by atoms with Crippen LogP contribution in [-0.2, 0) is 26.2 Å². The Bertz CT molecular complexity index is 1140. The molecule has 0 unspecified atom stereocenters. The predicted molar refractivity (Wildman–Crippen MR) is 143 cm³/mol. The molecule has 0 aromatic heterocycles. The Kier molecular flexibility index (Phi) is 9.61. The molecule has 1 N–H and O–H groups in total. The maximum absolute atomic E-state index is 13.6. The average molecular weight is 585 g/mol. The number of carbonyl (C=O) groups is 2. The highest BCUT2D eigenvalue weighted by molar-refractivity contribution is 9.10. The molecule has 0 heterocycles. The summed E-state index contributed by atoms with van der Waals surface area (Å²) in [6.45, 7) is 1.30. The maximum atomic E-state index is 13.6. The molecule has 0 bridgehead atoms. The zero-order valence-corrected chi connectivity index (χ0v) is 23.1. The Morgan fingerprint density at radius 1 is 1.09 bits per heavy atom. The van der Waals surface area contributed by atoms with Crippen molar-refractivity contribution < 1.29 is 18.0 Å². The topological polar surface area (TPSA) is 86.8 Å². The highest BCUT2D eigenvalue weighted by Crippen LogP contribution is 2.23. The lowest BCUT2D eigenvalue weighted by molar-refractivity contribution is -0.139. The van der Waals surface area contributed by atoms with E-state index in [2.05, 4.69) is 21.2 Å². The van der Waals surface area contributed by atoms with Gasteiger partial charge in [-0.05, 0) is 55.7 Å². The number of rotatable bonds is 9. The van der Waals surface area contributed by atoms with Gasteiger partial charge >= 0.3 is 0 Å². The number of benzene rings is 2. The van der Waals surface area contributed by atoms with Crippen molar-refractivity contribution in [1.29, 1.82) is 0 Å². The van der Waals surface area contributed by atoms with Crippen LogP contribution < -0.4 is 9.62 Å². The summed E-state index contributed by atoms with van der Waals surface area (Å²) in [6.07, 6.45) is 6.19. The summed E-state index contributed by atoms with van der Waals surface area (Å²) in [5, 5.41) is 3.54. The third kappa shape index (κ3) is 7.69. The van der Waals surface area contributed by atoms with Crippen molar-refractivity contribution in [3.8, 4) is 0 Å². The Hall–Kier alpha value is -2.10. The number of hydrogen-bond acceptors (Lipinski definition) is 4. The lowest BCUT2D eigenvalue weighted by atomic mass is 9.95. The molecule has 0 aliphatic heterocycles. The van der Waals surface area contributed by atoms with Crippen molar-refractivity contribution in [2.75, 3.05) is 17.1 Å². The summed E-state index contributed by atoms with van der Waals surface area (Å²) in [7, 11) is -3.77. The number of halogens is 2. The van der Waals surface area contributed by atoms with Gasteiger partial charge in [0.05, 0.1) is 11.9 Å². The van der Waals surface area contributed by atoms with Crippen molar-refractivity contribution in [2.24, 2.45) is 0 Å². The summed E-state index contributed by atoms with van der Waals surface area (Å²) in [4.78, 5) is 28.1. The van der Waals surface area contributed by atoms with E-state index >= 15 is 0 Å². The average Bonchev–Trinajstić information content (AvgIpc) is 2.82. The summed E-state index contributed by atoms with van der Waals surface area (Å²) in [6, 6.07) is 13.0. The van der Waals surface area contributed by atoms with Gasteiger partial charge in [-0.25, -0.2) is 8.42 Å². The molecule has 35 heavy (non-hydrogen) atoms. The van der Waals surface area contributed by atoms with Crippen LogP contribution in [0.3, 0.4) is 0 Å². The van der Waals surface area contributed by atoms with E-state index in [0.717, 1.165) is 47.1 Å². The van der Waals surface area contributed by atoms with Gasteiger partial charge < -0.3 is 10.2 Å². The highest BCUT2D eigenvalue weighted by Gasteiger charge is 2.31. The fraction of sp³-hybridized carbons (Fsp3) is 0.440. The van der Waals surface area contributed by atoms with Crippen LogP contribution in [0.25, 0.3) is 0 Å². The van der Waals surface area contributed by atoms with Gasteiger partial charge in [0, 0.05) is 22.1 Å². The molecule has 3 rings (SSSR count). The normalized spacial score (nSPS) is 15.3. The number of nitrogens with one attached hydrogen (secondary N) is 1. The van der Waals surface area contributed by atoms with Crippen molar-refractivity contribution in [1.82, 2.24) is 10.2 Å². The molecule has 1 fully saturated rings. The molecule has 1 aliphatic rings. The molecule has 1 atom stereocenters. The van der Waals surface area contributed by atoms with Gasteiger partial charge in [-0.3, -0.25) is 13.9 Å². The van der Waals surface area contributed by atoms with E-state index in [1.807, 2.05) is 0 Å². The second-order valence-corrected chi connectivity index (χ2v) is 12.1. The van der Waals surface area contributed by atoms with E-state index in [1.54, 1.807) is 55.5 Å². The van der Waals surface area contributed by atoms with Gasteiger partial charge in [-0.1, -0.05) is 65.0 Å². The summed E-state index contributed by atoms with van der Waals surface area (Å²) < 4.78 is 27.0. The van der Waals surface area contributed by atoms with Crippen molar-refractivity contribution in [3.05, 3.63) is 63.6 Å². The van der Waals surface area contributed by atoms with Gasteiger partial charge in [0.15, 0.2) is 0 Å². The molecule has 2 aromatic rings. The standard InChI is InChI=1S/C25H31BrClN3O4S/c1-18(25(32)28-21-9-4-3-5-10-21)29(16-19-8-6-7-11-23(19)27)24(31)17-30(35(2,33)34)22-14-12-20(26)13-15-22/h6-8,11-15,18,21H,3-5,9-10,16-17H2,1-2H3,(H,28,32)/t18-/m0/s1. The zero-order chi connectivity index (χ0) is 25.6. The second-order valence-electron chi connectivity index (χ2n) is 8.88. The van der Waals surface area contributed by atoms with E-state index in [4.69, 9.17) is 11.6 Å². The molecule has 0 radical (unpaired) electrons. The van der Waals surface area contributed by atoms with E-state index in [9.17, 15) is 18.0 Å². The second kappa shape index (κ2) is 12.2. The van der Waals surface area contributed by atoms with Crippen LogP contribution in [0, 0.1) is 0 Å². The molecule has 190 valence electrons. The van der Waals surface area contributed by atoms with E-state index in [-0.39, 0.29) is 18.5 Å². The van der Waals surface area contributed by atoms with Gasteiger partial charge in [-0.2, -0.15) is 0 Å². The Balaban J connectivity index is 1.87. The first-order chi connectivity index (χ1) is 16.6. The lowest BCUT2D eigenvalue weighted by Gasteiger charge is -2.33. The summed E-state index contributed by atoms with van der Waals surface area (Å²) in [5.41, 5.74) is 1.04. The van der Waals surface area contributed by atoms with Gasteiger partial charge in [0.1, 0.15) is 12.6 Å². The zero-order valence-electron chi connectivity index (χ0n) is 19.9. The minimum absolute atomic E-state index is 0.0791. The Morgan fingerprint density at radius 2 is 1.71 bits per heavy atom. The molecule has 1 saturated carbocycles. The first kappa shape index (κ1) is 27.5. The third-order valence-corrected chi connectivity index (χ3v) is 8.25. The minimum Gasteiger partial charge on any atom is -0.352 e. The van der Waals surface area contributed by atoms with E-state index in [0.29, 0.717) is 16.3 Å². The number of carbonyl (C=O) groups excluding carboxylic acids is 2. The first-order valence-corrected chi connectivity index (χ1v) is 14.6. The smallest absolute Gasteiger partial charge is 0.244 e. The maximum Gasteiger partial charge on any atom is 0.244 e. The van der Waals surface area contributed by atoms with Crippen LogP contribution in [0.15, 0.2) is 53.0 Å². The lowest BCUT2D eigenvalue weighted by Crippen LogP contribution is -2.53. The SMILES string of the molecule is C[C@@H](C(=O)NC1CCCCC1)N(Cc1ccccc1Cl)C(=O)CN(c1ccc(Br)cc1)S(C)(=O)=O. The first-order valence-electron chi connectivity index (χ1n) is 11.6. The minimum atomic E-state index is -3.77. The van der Waals surface area contributed by atoms with Crippen LogP contribution >= 0.6 is 27.5 Å². The summed E-state index contributed by atoms with van der Waals surface area (Å²) >= 11 is 9.69. The fourth-order valence-electron chi connectivity index (χ4n) is 4.18. The van der Waals surface area contributed by atoms with Crippen LogP contribution in [0.2, 0.25) is 5.02 Å². The molecule has 7 nitrogen and oxygen atoms in total. The number of anilines is 1. The van der Waals surface area contributed by atoms with Crippen molar-refractivity contribution in [2.45, 2.75) is 57.7 Å². The number of amides is 2. The van der Waals surface area contributed by atoms with Crippen molar-refractivity contribution >= 4 is 55.1 Å². The Morgan fingerprint density at radius 3 is 2.31 bits per heavy atom. The third-order valence-electron chi connectivity index (χ3n) is 6.21. The van der Waals surface area contributed by atoms with Crippen LogP contribution in [0.5, 0.6) is 0 Å². The molecular formula is C25H31BrClN3O4S. The van der Waals surface area contributed by atoms with E-state index < -0.39 is 28.5 Å². The van der Waals surface area contributed by atoms with Gasteiger partial charge in [0.2, 0.25) is 21.8 Å². The van der Waals surface area contributed by atoms with Gasteiger partial charge in [-0.15, -0.1) is 0 Å². The number of nitrogens with zero attached hydrogens (tertiary/aromatic N) is 2. The number of hydrogen-bond donors (Lipinski definition) is 1. The quantitative estimate of drug-likeness (QED) is 0.462. The van der Waals surface area contributed by atoms with Crippen LogP contribution in [0.4, 0.5) is 5.69 Å². The number of sulfonamides is 1. The molecule has 2 aromatic carbocycles. The van der Waals surface area contributed by atoms with Gasteiger partial charge in [0.25, 0.3) is 0 Å². The van der Waals surface area contributed by atoms with Crippen LogP contribution in [-0.4, -0.2) is 50.0 Å². The van der Waals surface area contributed by atoms with E-state index in [1.165, 1.54) is 4.90 Å². The Labute approximate surface area is 221 Å².